The van der Waals surface area contributed by atoms with Crippen LogP contribution in [0.2, 0.25) is 5.02 Å². The normalized spacial score (nSPS) is 11.3. The van der Waals surface area contributed by atoms with E-state index < -0.39 is 0 Å². The second-order valence-electron chi connectivity index (χ2n) is 5.42. The van der Waals surface area contributed by atoms with Crippen LogP contribution >= 0.6 is 11.6 Å². The average Bonchev–Trinajstić information content (AvgIpc) is 3.03. The molecule has 0 amide bonds. The maximum Gasteiger partial charge on any atom is 0.123 e. The molecule has 1 heterocycles. The molecule has 0 unspecified atom stereocenters. The Hall–Kier alpha value is -2.83. The molecule has 0 atom stereocenters. The highest BCUT2D eigenvalue weighted by Crippen LogP contribution is 2.24. The number of aromatic nitrogens is 1. The van der Waals surface area contributed by atoms with Crippen LogP contribution in [0.3, 0.4) is 0 Å². The van der Waals surface area contributed by atoms with Crippen molar-refractivity contribution in [1.29, 1.82) is 5.26 Å². The molecule has 0 aliphatic heterocycles. The van der Waals surface area contributed by atoms with Crippen LogP contribution in [-0.4, -0.2) is 4.57 Å². The fourth-order valence-electron chi connectivity index (χ4n) is 2.46. The molecule has 2 nitrogen and oxygen atoms in total. The van der Waals surface area contributed by atoms with E-state index in [0.717, 1.165) is 16.9 Å². The van der Waals surface area contributed by atoms with E-state index >= 15 is 0 Å². The lowest BCUT2D eigenvalue weighted by molar-refractivity contribution is 0.627. The van der Waals surface area contributed by atoms with Crippen molar-refractivity contribution in [2.75, 3.05) is 0 Å². The number of nitriles is 1. The first kappa shape index (κ1) is 16.0. The second-order valence-corrected chi connectivity index (χ2v) is 5.82. The van der Waals surface area contributed by atoms with Gasteiger partial charge in [0.25, 0.3) is 0 Å². The molecule has 118 valence electrons. The van der Waals surface area contributed by atoms with E-state index in [1.165, 1.54) is 12.1 Å². The molecule has 3 aromatic rings. The molecule has 0 saturated heterocycles. The molecule has 0 fully saturated rings. The Balaban J connectivity index is 2.06. The monoisotopic (exact) mass is 336 g/mol. The Labute approximate surface area is 145 Å². The van der Waals surface area contributed by atoms with E-state index in [9.17, 15) is 9.65 Å². The summed E-state index contributed by atoms with van der Waals surface area (Å²) in [7, 11) is 0. The largest absolute Gasteiger partial charge is 0.317 e. The first-order chi connectivity index (χ1) is 11.6. The van der Waals surface area contributed by atoms with Crippen LogP contribution in [0.25, 0.3) is 17.3 Å². The zero-order valence-electron chi connectivity index (χ0n) is 13.0. The maximum absolute atomic E-state index is 13.4. The van der Waals surface area contributed by atoms with Crippen molar-refractivity contribution in [2.45, 2.75) is 6.92 Å². The van der Waals surface area contributed by atoms with Crippen LogP contribution < -0.4 is 0 Å². The van der Waals surface area contributed by atoms with Crippen LogP contribution in [-0.2, 0) is 0 Å². The van der Waals surface area contributed by atoms with Crippen molar-refractivity contribution in [3.8, 4) is 11.8 Å². The number of nitrogens with zero attached hydrogens (tertiary/aromatic N) is 2. The van der Waals surface area contributed by atoms with Crippen molar-refractivity contribution in [2.24, 2.45) is 0 Å². The fraction of sp³-hybridized carbons (Fsp3) is 0.0500. The van der Waals surface area contributed by atoms with E-state index in [1.54, 1.807) is 18.2 Å². The van der Waals surface area contributed by atoms with E-state index in [4.69, 9.17) is 11.6 Å². The quantitative estimate of drug-likeness (QED) is 0.569. The molecule has 4 heteroatoms. The van der Waals surface area contributed by atoms with Crippen LogP contribution in [0, 0.1) is 24.1 Å². The van der Waals surface area contributed by atoms with Gasteiger partial charge in [-0.25, -0.2) is 4.39 Å². The number of hydrogen-bond donors (Lipinski definition) is 0. The SMILES string of the molecule is Cc1ccc(-n2cccc2/C=C(/C#N)c2cccc(F)c2)cc1Cl. The van der Waals surface area contributed by atoms with Gasteiger partial charge in [0, 0.05) is 22.6 Å². The van der Waals surface area contributed by atoms with Gasteiger partial charge in [0.1, 0.15) is 5.82 Å². The molecule has 1 aromatic heterocycles. The highest BCUT2D eigenvalue weighted by Gasteiger charge is 2.07. The van der Waals surface area contributed by atoms with Crippen molar-refractivity contribution < 1.29 is 4.39 Å². The summed E-state index contributed by atoms with van der Waals surface area (Å²) in [5, 5.41) is 10.1. The highest BCUT2D eigenvalue weighted by atomic mass is 35.5. The molecule has 0 saturated carbocycles. The van der Waals surface area contributed by atoms with E-state index in [2.05, 4.69) is 6.07 Å². The molecule has 0 aliphatic rings. The van der Waals surface area contributed by atoms with Gasteiger partial charge >= 0.3 is 0 Å². The van der Waals surface area contributed by atoms with Crippen molar-refractivity contribution in [3.63, 3.8) is 0 Å². The highest BCUT2D eigenvalue weighted by molar-refractivity contribution is 6.31. The first-order valence-electron chi connectivity index (χ1n) is 7.40. The van der Waals surface area contributed by atoms with E-state index in [0.29, 0.717) is 16.2 Å². The Morgan fingerprint density at radius 3 is 2.71 bits per heavy atom. The maximum atomic E-state index is 13.4. The minimum atomic E-state index is -0.366. The Morgan fingerprint density at radius 2 is 2.00 bits per heavy atom. The van der Waals surface area contributed by atoms with Gasteiger partial charge in [0.2, 0.25) is 0 Å². The predicted molar refractivity (Wildman–Crippen MR) is 95.4 cm³/mol. The molecule has 0 N–H and O–H groups in total. The molecule has 0 aliphatic carbocycles. The third kappa shape index (κ3) is 3.24. The second kappa shape index (κ2) is 6.74. The molecular formula is C20H14ClFN2. The average molecular weight is 337 g/mol. The topological polar surface area (TPSA) is 28.7 Å². The van der Waals surface area contributed by atoms with Gasteiger partial charge in [0.15, 0.2) is 0 Å². The molecule has 24 heavy (non-hydrogen) atoms. The van der Waals surface area contributed by atoms with Crippen molar-refractivity contribution in [3.05, 3.63) is 88.5 Å². The summed E-state index contributed by atoms with van der Waals surface area (Å²) in [6, 6.07) is 17.7. The summed E-state index contributed by atoms with van der Waals surface area (Å²) in [6.45, 7) is 1.94. The fourth-order valence-corrected chi connectivity index (χ4v) is 2.64. The van der Waals surface area contributed by atoms with Crippen LogP contribution in [0.5, 0.6) is 0 Å². The first-order valence-corrected chi connectivity index (χ1v) is 7.78. The Bertz CT molecular complexity index is 964. The van der Waals surface area contributed by atoms with Gasteiger partial charge in [-0.3, -0.25) is 0 Å². The van der Waals surface area contributed by atoms with Gasteiger partial charge < -0.3 is 4.57 Å². The lowest BCUT2D eigenvalue weighted by atomic mass is 10.1. The molecule has 3 rings (SSSR count). The standard InChI is InChI=1S/C20H14ClFN2/c1-14-7-8-19(12-20(14)21)24-9-3-6-18(24)11-16(13-23)15-4-2-5-17(22)10-15/h2-12H,1H3/b16-11-. The summed E-state index contributed by atoms with van der Waals surface area (Å²) in [4.78, 5) is 0. The van der Waals surface area contributed by atoms with Gasteiger partial charge in [-0.15, -0.1) is 0 Å². The number of benzene rings is 2. The third-order valence-corrected chi connectivity index (χ3v) is 4.17. The molecule has 0 spiro atoms. The summed E-state index contributed by atoms with van der Waals surface area (Å²) >= 11 is 6.21. The van der Waals surface area contributed by atoms with Gasteiger partial charge in [-0.2, -0.15) is 5.26 Å². The summed E-state index contributed by atoms with van der Waals surface area (Å²) in [6.07, 6.45) is 3.63. The van der Waals surface area contributed by atoms with Crippen molar-refractivity contribution >= 4 is 23.3 Å². The summed E-state index contributed by atoms with van der Waals surface area (Å²) in [5.41, 5.74) is 3.66. The minimum Gasteiger partial charge on any atom is -0.317 e. The van der Waals surface area contributed by atoms with Gasteiger partial charge in [-0.1, -0.05) is 29.8 Å². The van der Waals surface area contributed by atoms with Crippen LogP contribution in [0.1, 0.15) is 16.8 Å². The van der Waals surface area contributed by atoms with Gasteiger partial charge in [-0.05, 0) is 60.5 Å². The number of halogens is 2. The Kier molecular flexibility index (Phi) is 4.50. The minimum absolute atomic E-state index is 0.366. The Morgan fingerprint density at radius 1 is 1.17 bits per heavy atom. The zero-order chi connectivity index (χ0) is 17.1. The third-order valence-electron chi connectivity index (χ3n) is 3.76. The van der Waals surface area contributed by atoms with Crippen LogP contribution in [0.15, 0.2) is 60.8 Å². The predicted octanol–water partition coefficient (Wildman–Crippen LogP) is 5.64. The lowest BCUT2D eigenvalue weighted by Crippen LogP contribution is -1.96. The smallest absolute Gasteiger partial charge is 0.123 e. The van der Waals surface area contributed by atoms with E-state index in [1.807, 2.05) is 48.0 Å². The van der Waals surface area contributed by atoms with Crippen LogP contribution in [0.4, 0.5) is 4.39 Å². The van der Waals surface area contributed by atoms with Crippen molar-refractivity contribution in [1.82, 2.24) is 4.57 Å². The van der Waals surface area contributed by atoms with Gasteiger partial charge in [0.05, 0.1) is 11.6 Å². The molecule has 0 bridgehead atoms. The number of hydrogen-bond acceptors (Lipinski definition) is 1. The summed E-state index contributed by atoms with van der Waals surface area (Å²) < 4.78 is 15.3. The number of allylic oxidation sites excluding steroid dienone is 1. The molecular weight excluding hydrogens is 323 g/mol. The number of rotatable bonds is 3. The zero-order valence-corrected chi connectivity index (χ0v) is 13.8. The molecule has 0 radical (unpaired) electrons. The number of aryl methyl sites for hydroxylation is 1. The summed E-state index contributed by atoms with van der Waals surface area (Å²) in [5.74, 6) is -0.366. The van der Waals surface area contributed by atoms with E-state index in [-0.39, 0.29) is 5.82 Å². The lowest BCUT2D eigenvalue weighted by Gasteiger charge is -2.09. The molecule has 2 aromatic carbocycles.